The smallest absolute Gasteiger partial charge is 0.223 e. The molecule has 1 aromatic heterocycles. The molecule has 4 nitrogen and oxygen atoms in total. The van der Waals surface area contributed by atoms with Crippen molar-refractivity contribution in [1.82, 2.24) is 9.55 Å². The molecular weight excluding hydrogens is 180 g/mol. The summed E-state index contributed by atoms with van der Waals surface area (Å²) < 4.78 is 7.06. The second kappa shape index (κ2) is 3.92. The standard InChI is InChI=1S/C10H16N2O2/c1-10(2,3)14-7-8(13)9-11-5-6-12(9)4/h5-6H,7H2,1-4H3. The minimum Gasteiger partial charge on any atom is -0.368 e. The van der Waals surface area contributed by atoms with E-state index in [9.17, 15) is 4.79 Å². The van der Waals surface area contributed by atoms with Gasteiger partial charge >= 0.3 is 0 Å². The van der Waals surface area contributed by atoms with Crippen LogP contribution in [0.5, 0.6) is 0 Å². The number of ketones is 1. The molecule has 0 fully saturated rings. The quantitative estimate of drug-likeness (QED) is 0.687. The predicted octanol–water partition coefficient (Wildman–Crippen LogP) is 1.42. The summed E-state index contributed by atoms with van der Waals surface area (Å²) in [5, 5.41) is 0. The molecule has 0 saturated heterocycles. The highest BCUT2D eigenvalue weighted by Gasteiger charge is 2.16. The van der Waals surface area contributed by atoms with Crippen LogP contribution in [0.25, 0.3) is 0 Å². The summed E-state index contributed by atoms with van der Waals surface area (Å²) in [6.45, 7) is 5.82. The van der Waals surface area contributed by atoms with E-state index in [0.717, 1.165) is 0 Å². The van der Waals surface area contributed by atoms with Crippen molar-refractivity contribution < 1.29 is 9.53 Å². The van der Waals surface area contributed by atoms with Crippen LogP contribution in [0.1, 0.15) is 31.4 Å². The van der Waals surface area contributed by atoms with Crippen molar-refractivity contribution >= 4 is 5.78 Å². The molecule has 0 aromatic carbocycles. The van der Waals surface area contributed by atoms with Crippen LogP contribution in [-0.2, 0) is 11.8 Å². The van der Waals surface area contributed by atoms with Gasteiger partial charge in [0.25, 0.3) is 0 Å². The summed E-state index contributed by atoms with van der Waals surface area (Å²) in [7, 11) is 1.79. The Bertz CT molecular complexity index is 323. The Kier molecular flexibility index (Phi) is 3.06. The summed E-state index contributed by atoms with van der Waals surface area (Å²) in [4.78, 5) is 15.5. The van der Waals surface area contributed by atoms with Gasteiger partial charge in [-0.05, 0) is 20.8 Å². The van der Waals surface area contributed by atoms with Crippen molar-refractivity contribution in [3.8, 4) is 0 Å². The van der Waals surface area contributed by atoms with Crippen molar-refractivity contribution in [3.05, 3.63) is 18.2 Å². The van der Waals surface area contributed by atoms with Crippen molar-refractivity contribution in [3.63, 3.8) is 0 Å². The highest BCUT2D eigenvalue weighted by molar-refractivity contribution is 5.93. The molecule has 78 valence electrons. The number of aryl methyl sites for hydroxylation is 1. The van der Waals surface area contributed by atoms with Crippen LogP contribution in [0.15, 0.2) is 12.4 Å². The monoisotopic (exact) mass is 196 g/mol. The van der Waals surface area contributed by atoms with Crippen LogP contribution in [0.3, 0.4) is 0 Å². The third kappa shape index (κ3) is 2.96. The Morgan fingerprint density at radius 3 is 2.64 bits per heavy atom. The van der Waals surface area contributed by atoms with Crippen molar-refractivity contribution in [1.29, 1.82) is 0 Å². The number of rotatable bonds is 3. The molecule has 0 spiro atoms. The van der Waals surface area contributed by atoms with Gasteiger partial charge in [-0.3, -0.25) is 4.79 Å². The molecule has 1 heterocycles. The third-order valence-corrected chi connectivity index (χ3v) is 1.71. The van der Waals surface area contributed by atoms with Crippen LogP contribution in [0.2, 0.25) is 0 Å². The van der Waals surface area contributed by atoms with Crippen molar-refractivity contribution in [2.24, 2.45) is 7.05 Å². The van der Waals surface area contributed by atoms with Crippen LogP contribution in [0.4, 0.5) is 0 Å². The minimum atomic E-state index is -0.291. The van der Waals surface area contributed by atoms with Crippen LogP contribution in [-0.4, -0.2) is 27.5 Å². The van der Waals surface area contributed by atoms with E-state index in [4.69, 9.17) is 4.74 Å². The number of nitrogens with zero attached hydrogens (tertiary/aromatic N) is 2. The van der Waals surface area contributed by atoms with Gasteiger partial charge in [-0.2, -0.15) is 0 Å². The highest BCUT2D eigenvalue weighted by atomic mass is 16.5. The number of imidazole rings is 1. The number of carbonyl (C=O) groups is 1. The molecular formula is C10H16N2O2. The summed E-state index contributed by atoms with van der Waals surface area (Å²) in [5.41, 5.74) is -0.291. The van der Waals surface area contributed by atoms with Gasteiger partial charge in [0.1, 0.15) is 6.61 Å². The Morgan fingerprint density at radius 1 is 1.57 bits per heavy atom. The van der Waals surface area contributed by atoms with Gasteiger partial charge in [0.15, 0.2) is 5.82 Å². The number of hydrogen-bond donors (Lipinski definition) is 0. The molecule has 0 atom stereocenters. The van der Waals surface area contributed by atoms with Crippen molar-refractivity contribution in [2.45, 2.75) is 26.4 Å². The van der Waals surface area contributed by atoms with Crippen LogP contribution >= 0.6 is 0 Å². The lowest BCUT2D eigenvalue weighted by Crippen LogP contribution is -2.24. The molecule has 1 rings (SSSR count). The van der Waals surface area contributed by atoms with Gasteiger partial charge in [0, 0.05) is 19.4 Å². The molecule has 0 aliphatic rings. The van der Waals surface area contributed by atoms with Crippen molar-refractivity contribution in [2.75, 3.05) is 6.61 Å². The zero-order chi connectivity index (χ0) is 10.8. The molecule has 0 bridgehead atoms. The maximum Gasteiger partial charge on any atom is 0.223 e. The zero-order valence-corrected chi connectivity index (χ0v) is 9.07. The van der Waals surface area contributed by atoms with E-state index in [-0.39, 0.29) is 18.0 Å². The first-order valence-electron chi connectivity index (χ1n) is 4.54. The van der Waals surface area contributed by atoms with Gasteiger partial charge in [-0.1, -0.05) is 0 Å². The van der Waals surface area contributed by atoms with E-state index in [1.807, 2.05) is 20.8 Å². The zero-order valence-electron chi connectivity index (χ0n) is 9.07. The van der Waals surface area contributed by atoms with E-state index in [2.05, 4.69) is 4.98 Å². The number of Topliss-reactive ketones (excluding diaryl/α,β-unsaturated/α-hetero) is 1. The lowest BCUT2D eigenvalue weighted by atomic mass is 10.2. The second-order valence-corrected chi connectivity index (χ2v) is 4.19. The Balaban J connectivity index is 2.56. The fourth-order valence-electron chi connectivity index (χ4n) is 0.981. The first kappa shape index (κ1) is 10.9. The van der Waals surface area contributed by atoms with E-state index in [1.165, 1.54) is 0 Å². The minimum absolute atomic E-state index is 0.0777. The second-order valence-electron chi connectivity index (χ2n) is 4.19. The molecule has 0 unspecified atom stereocenters. The lowest BCUT2D eigenvalue weighted by Gasteiger charge is -2.18. The first-order chi connectivity index (χ1) is 6.40. The summed E-state index contributed by atoms with van der Waals surface area (Å²) in [6, 6.07) is 0. The van der Waals surface area contributed by atoms with Crippen LogP contribution in [0, 0.1) is 0 Å². The number of aromatic nitrogens is 2. The largest absolute Gasteiger partial charge is 0.368 e. The Hall–Kier alpha value is -1.16. The predicted molar refractivity (Wildman–Crippen MR) is 53.2 cm³/mol. The topological polar surface area (TPSA) is 44.1 Å². The average Bonchev–Trinajstić information content (AvgIpc) is 2.46. The number of carbonyl (C=O) groups excluding carboxylic acids is 1. The SMILES string of the molecule is Cn1ccnc1C(=O)COC(C)(C)C. The van der Waals surface area contributed by atoms with E-state index >= 15 is 0 Å². The molecule has 0 amide bonds. The van der Waals surface area contributed by atoms with Gasteiger partial charge in [-0.25, -0.2) is 4.98 Å². The summed E-state index contributed by atoms with van der Waals surface area (Å²) in [6.07, 6.45) is 3.34. The molecule has 14 heavy (non-hydrogen) atoms. The highest BCUT2D eigenvalue weighted by Crippen LogP contribution is 2.07. The summed E-state index contributed by atoms with van der Waals surface area (Å²) >= 11 is 0. The summed E-state index contributed by atoms with van der Waals surface area (Å²) in [5.74, 6) is 0.349. The molecule has 1 aromatic rings. The maximum absolute atomic E-state index is 11.6. The molecule has 0 N–H and O–H groups in total. The lowest BCUT2D eigenvalue weighted by molar-refractivity contribution is 0.00252. The molecule has 0 saturated carbocycles. The van der Waals surface area contributed by atoms with E-state index in [1.54, 1.807) is 24.0 Å². The molecule has 4 heteroatoms. The normalized spacial score (nSPS) is 11.7. The third-order valence-electron chi connectivity index (χ3n) is 1.71. The van der Waals surface area contributed by atoms with Gasteiger partial charge in [0.05, 0.1) is 5.60 Å². The van der Waals surface area contributed by atoms with Gasteiger partial charge < -0.3 is 9.30 Å². The Morgan fingerprint density at radius 2 is 2.21 bits per heavy atom. The van der Waals surface area contributed by atoms with Crippen LogP contribution < -0.4 is 0 Å². The average molecular weight is 196 g/mol. The van der Waals surface area contributed by atoms with E-state index < -0.39 is 0 Å². The van der Waals surface area contributed by atoms with Gasteiger partial charge in [0.2, 0.25) is 5.78 Å². The molecule has 0 aliphatic carbocycles. The van der Waals surface area contributed by atoms with E-state index in [0.29, 0.717) is 5.82 Å². The fourth-order valence-corrected chi connectivity index (χ4v) is 0.981. The fraction of sp³-hybridized carbons (Fsp3) is 0.600. The number of hydrogen-bond acceptors (Lipinski definition) is 3. The molecule has 0 aliphatic heterocycles. The number of ether oxygens (including phenoxy) is 1. The maximum atomic E-state index is 11.6. The Labute approximate surface area is 83.9 Å². The van der Waals surface area contributed by atoms with Gasteiger partial charge in [-0.15, -0.1) is 0 Å². The molecule has 0 radical (unpaired) electrons. The first-order valence-corrected chi connectivity index (χ1v) is 4.54.